The molecule has 4 N–H and O–H groups in total. The average Bonchev–Trinajstić information content (AvgIpc) is 2.87. The zero-order valence-corrected chi connectivity index (χ0v) is 28.1. The summed E-state index contributed by atoms with van der Waals surface area (Å²) in [5.74, 6) is -2.00. The van der Waals surface area contributed by atoms with Gasteiger partial charge in [-0.3, -0.25) is 9.76 Å². The molecule has 258 valence electrons. The summed E-state index contributed by atoms with van der Waals surface area (Å²) in [4.78, 5) is 28.8. The molecule has 2 rings (SSSR count). The van der Waals surface area contributed by atoms with E-state index in [4.69, 9.17) is 19.0 Å². The van der Waals surface area contributed by atoms with Gasteiger partial charge in [-0.2, -0.15) is 13.2 Å². The molecule has 2 unspecified atom stereocenters. The second-order valence-corrected chi connectivity index (χ2v) is 15.9. The number of aliphatic hydroxyl groups is 2. The van der Waals surface area contributed by atoms with Crippen molar-refractivity contribution in [1.29, 1.82) is 4.78 Å². The molecule has 3 atom stereocenters. The van der Waals surface area contributed by atoms with E-state index >= 15 is 0 Å². The standard InChI is InChI=1S/C31H44F3N3O8S/c1-27(2,3)44-25(38)23(37-26(39)45-28(4,5)6)15-17-46(35,42)18-16-30(41,31(32,33)34)24-14-13-22(19-36-24)43-21-11-9-20(10-12-21)29(7,8)40/h9-14,19,23,35,40-41H,15-18H2,1-8H3,(H,37,39)/t23-,30?,46?/m0/s1. The molecule has 15 heteroatoms. The first-order valence-electron chi connectivity index (χ1n) is 14.4. The molecule has 46 heavy (non-hydrogen) atoms. The lowest BCUT2D eigenvalue weighted by molar-refractivity contribution is -0.268. The van der Waals surface area contributed by atoms with E-state index in [2.05, 4.69) is 10.3 Å². The molecule has 2 aromatic rings. The molecular weight excluding hydrogens is 631 g/mol. The number of alkyl carbamates (subject to hydrolysis) is 1. The van der Waals surface area contributed by atoms with Crippen LogP contribution in [0.4, 0.5) is 18.0 Å². The van der Waals surface area contributed by atoms with Crippen LogP contribution in [-0.2, 0) is 35.2 Å². The number of hydrogen-bond donors (Lipinski definition) is 4. The van der Waals surface area contributed by atoms with Crippen LogP contribution in [0.25, 0.3) is 0 Å². The lowest BCUT2D eigenvalue weighted by Gasteiger charge is -2.30. The predicted octanol–water partition coefficient (Wildman–Crippen LogP) is 5.91. The van der Waals surface area contributed by atoms with Gasteiger partial charge in [0.25, 0.3) is 0 Å². The molecule has 0 saturated carbocycles. The number of halogens is 3. The number of alkyl halides is 3. The predicted molar refractivity (Wildman–Crippen MR) is 165 cm³/mol. The average molecular weight is 676 g/mol. The number of nitrogens with one attached hydrogen (secondary N) is 2. The Balaban J connectivity index is 2.18. The largest absolute Gasteiger partial charge is 0.458 e. The van der Waals surface area contributed by atoms with Crippen molar-refractivity contribution >= 4 is 21.8 Å². The van der Waals surface area contributed by atoms with Crippen molar-refractivity contribution in [2.24, 2.45) is 0 Å². The molecule has 0 radical (unpaired) electrons. The first kappa shape index (κ1) is 38.8. The van der Waals surface area contributed by atoms with Crippen molar-refractivity contribution in [2.45, 2.75) is 103 Å². The molecule has 0 aliphatic carbocycles. The van der Waals surface area contributed by atoms with Crippen molar-refractivity contribution in [3.63, 3.8) is 0 Å². The van der Waals surface area contributed by atoms with Gasteiger partial charge in [0.15, 0.2) is 0 Å². The van der Waals surface area contributed by atoms with Crippen molar-refractivity contribution in [3.8, 4) is 11.5 Å². The molecule has 0 aliphatic heterocycles. The fraction of sp³-hybridized carbons (Fsp3) is 0.581. The van der Waals surface area contributed by atoms with Crippen molar-refractivity contribution < 1.29 is 51.4 Å². The molecule has 1 aromatic heterocycles. The Hall–Kier alpha value is -3.43. The number of aromatic nitrogens is 1. The number of amides is 1. The highest BCUT2D eigenvalue weighted by Crippen LogP contribution is 2.41. The molecule has 0 spiro atoms. The fourth-order valence-corrected chi connectivity index (χ4v) is 5.41. The van der Waals surface area contributed by atoms with Gasteiger partial charge in [0.2, 0.25) is 5.60 Å². The van der Waals surface area contributed by atoms with Crippen LogP contribution in [0.2, 0.25) is 0 Å². The third-order valence-corrected chi connectivity index (χ3v) is 8.10. The fourth-order valence-electron chi connectivity index (χ4n) is 3.96. The van der Waals surface area contributed by atoms with Crippen LogP contribution in [0.15, 0.2) is 42.6 Å². The Morgan fingerprint density at radius 2 is 1.43 bits per heavy atom. The second-order valence-electron chi connectivity index (χ2n) is 13.4. The van der Waals surface area contributed by atoms with Gasteiger partial charge in [-0.05, 0) is 91.6 Å². The number of carbonyl (C=O) groups excluding carboxylic acids is 2. The Labute approximate surface area is 267 Å². The van der Waals surface area contributed by atoms with E-state index in [1.165, 1.54) is 6.07 Å². The summed E-state index contributed by atoms with van der Waals surface area (Å²) < 4.78 is 79.9. The third kappa shape index (κ3) is 12.1. The van der Waals surface area contributed by atoms with Crippen LogP contribution in [-0.4, -0.2) is 66.4 Å². The van der Waals surface area contributed by atoms with Crippen LogP contribution in [0, 0.1) is 4.78 Å². The van der Waals surface area contributed by atoms with E-state index in [1.807, 2.05) is 0 Å². The minimum Gasteiger partial charge on any atom is -0.458 e. The lowest BCUT2D eigenvalue weighted by Crippen LogP contribution is -2.47. The minimum atomic E-state index is -5.25. The zero-order valence-electron chi connectivity index (χ0n) is 27.3. The topological polar surface area (TPSA) is 168 Å². The van der Waals surface area contributed by atoms with Crippen LogP contribution >= 0.6 is 0 Å². The van der Waals surface area contributed by atoms with Crippen LogP contribution in [0.5, 0.6) is 11.5 Å². The maximum Gasteiger partial charge on any atom is 0.423 e. The van der Waals surface area contributed by atoms with Crippen molar-refractivity contribution in [1.82, 2.24) is 10.3 Å². The number of esters is 1. The molecule has 1 amide bonds. The molecule has 0 saturated heterocycles. The number of benzene rings is 1. The SMILES string of the molecule is CC(C)(C)OC(=O)N[C@@H](CCS(=N)(=O)CCC(O)(c1ccc(Oc2ccc(C(C)(C)O)cc2)cn1)C(F)(F)F)C(=O)OC(C)(C)C. The van der Waals surface area contributed by atoms with Gasteiger partial charge in [-0.15, -0.1) is 0 Å². The summed E-state index contributed by atoms with van der Waals surface area (Å²) in [6, 6.07) is 7.07. The van der Waals surface area contributed by atoms with Gasteiger partial charge in [0.05, 0.1) is 17.5 Å². The summed E-state index contributed by atoms with van der Waals surface area (Å²) in [6.45, 7) is 12.8. The van der Waals surface area contributed by atoms with Crippen LogP contribution < -0.4 is 10.1 Å². The molecule has 1 aromatic carbocycles. The summed E-state index contributed by atoms with van der Waals surface area (Å²) in [5.41, 5.74) is -6.67. The number of nitrogens with zero attached hydrogens (tertiary/aromatic N) is 1. The number of hydrogen-bond acceptors (Lipinski definition) is 10. The highest BCUT2D eigenvalue weighted by Gasteiger charge is 2.56. The van der Waals surface area contributed by atoms with E-state index < -0.39 is 86.5 Å². The van der Waals surface area contributed by atoms with Crippen molar-refractivity contribution in [2.75, 3.05) is 11.5 Å². The van der Waals surface area contributed by atoms with Crippen molar-refractivity contribution in [3.05, 3.63) is 53.9 Å². The summed E-state index contributed by atoms with van der Waals surface area (Å²) in [6.07, 6.45) is -6.80. The minimum absolute atomic E-state index is 0.0687. The van der Waals surface area contributed by atoms with E-state index in [1.54, 1.807) is 79.7 Å². The smallest absolute Gasteiger partial charge is 0.423 e. The van der Waals surface area contributed by atoms with E-state index in [9.17, 15) is 37.2 Å². The molecule has 0 bridgehead atoms. The first-order valence-corrected chi connectivity index (χ1v) is 16.3. The second kappa shape index (κ2) is 14.1. The normalized spacial score (nSPS) is 16.0. The highest BCUT2D eigenvalue weighted by atomic mass is 32.2. The summed E-state index contributed by atoms with van der Waals surface area (Å²) in [5, 5.41) is 23.2. The molecule has 11 nitrogen and oxygen atoms in total. The molecule has 0 aliphatic rings. The summed E-state index contributed by atoms with van der Waals surface area (Å²) >= 11 is 0. The number of pyridine rings is 1. The Morgan fingerprint density at radius 1 is 0.891 bits per heavy atom. The van der Waals surface area contributed by atoms with Crippen LogP contribution in [0.1, 0.15) is 79.5 Å². The Kier molecular flexibility index (Phi) is 11.9. The van der Waals surface area contributed by atoms with E-state index in [0.717, 1.165) is 12.3 Å². The van der Waals surface area contributed by atoms with Gasteiger partial charge in [0.1, 0.15) is 28.7 Å². The monoisotopic (exact) mass is 675 g/mol. The molecule has 0 fully saturated rings. The maximum absolute atomic E-state index is 14.2. The van der Waals surface area contributed by atoms with Gasteiger partial charge in [0, 0.05) is 27.7 Å². The van der Waals surface area contributed by atoms with E-state index in [-0.39, 0.29) is 5.75 Å². The number of ether oxygens (including phenoxy) is 3. The van der Waals surface area contributed by atoms with Gasteiger partial charge >= 0.3 is 18.2 Å². The number of carbonyl (C=O) groups is 2. The Morgan fingerprint density at radius 3 is 1.89 bits per heavy atom. The molecular formula is C31H44F3N3O8S. The van der Waals surface area contributed by atoms with Gasteiger partial charge < -0.3 is 29.7 Å². The quantitative estimate of drug-likeness (QED) is 0.200. The van der Waals surface area contributed by atoms with E-state index in [0.29, 0.717) is 11.3 Å². The third-order valence-electron chi connectivity index (χ3n) is 6.34. The van der Waals surface area contributed by atoms with Gasteiger partial charge in [-0.1, -0.05) is 12.1 Å². The van der Waals surface area contributed by atoms with Crippen LogP contribution in [0.3, 0.4) is 0 Å². The lowest BCUT2D eigenvalue weighted by atomic mass is 9.95. The number of rotatable bonds is 12. The van der Waals surface area contributed by atoms with Gasteiger partial charge in [-0.25, -0.2) is 13.8 Å². The molecule has 1 heterocycles. The first-order chi connectivity index (χ1) is 20.7. The summed E-state index contributed by atoms with van der Waals surface area (Å²) in [7, 11) is -3.82. The maximum atomic E-state index is 14.2. The highest BCUT2D eigenvalue weighted by molar-refractivity contribution is 7.92. The Bertz CT molecular complexity index is 1440. The zero-order chi connectivity index (χ0) is 35.4.